The van der Waals surface area contributed by atoms with Crippen molar-refractivity contribution in [2.24, 2.45) is 0 Å². The molecule has 1 rings (SSSR count). The first-order valence-electron chi connectivity index (χ1n) is 3.72. The predicted molar refractivity (Wildman–Crippen MR) is 52.8 cm³/mol. The van der Waals surface area contributed by atoms with Crippen LogP contribution < -0.4 is 0 Å². The molecule has 0 radical (unpaired) electrons. The Morgan fingerprint density at radius 2 is 2.23 bits per heavy atom. The van der Waals surface area contributed by atoms with E-state index in [2.05, 4.69) is 0 Å². The minimum Gasteiger partial charge on any atom is -0.258 e. The molecule has 1 aromatic rings. The van der Waals surface area contributed by atoms with Crippen LogP contribution in [-0.4, -0.2) is 4.92 Å². The molecule has 0 saturated carbocycles. The van der Waals surface area contributed by atoms with Crippen LogP contribution in [0.2, 0.25) is 5.02 Å². The van der Waals surface area contributed by atoms with Crippen LogP contribution >= 0.6 is 11.6 Å². The average molecular weight is 198 g/mol. The van der Waals surface area contributed by atoms with Crippen molar-refractivity contribution >= 4 is 23.4 Å². The van der Waals surface area contributed by atoms with Crippen molar-refractivity contribution in [3.8, 4) is 0 Å². The Labute approximate surface area is 80.8 Å². The molecule has 0 unspecified atom stereocenters. The molecule has 0 aromatic heterocycles. The first-order chi connectivity index (χ1) is 6.16. The lowest BCUT2D eigenvalue weighted by Crippen LogP contribution is -1.89. The number of allylic oxidation sites excluding steroid dienone is 1. The quantitative estimate of drug-likeness (QED) is 0.539. The number of halogens is 1. The van der Waals surface area contributed by atoms with Gasteiger partial charge in [0, 0.05) is 6.07 Å². The summed E-state index contributed by atoms with van der Waals surface area (Å²) in [4.78, 5) is 9.98. The summed E-state index contributed by atoms with van der Waals surface area (Å²) < 4.78 is 0. The molecule has 0 spiro atoms. The number of nitro groups is 1. The third-order valence-corrected chi connectivity index (χ3v) is 1.96. The average Bonchev–Trinajstić information content (AvgIpc) is 2.08. The molecular weight excluding hydrogens is 190 g/mol. The maximum atomic E-state index is 10.5. The van der Waals surface area contributed by atoms with Crippen LogP contribution in [0.5, 0.6) is 0 Å². The summed E-state index contributed by atoms with van der Waals surface area (Å²) in [5, 5.41) is 10.7. The summed E-state index contributed by atoms with van der Waals surface area (Å²) in [5.41, 5.74) is 0.607. The molecule has 0 N–H and O–H groups in total. The molecule has 0 atom stereocenters. The molecule has 0 saturated heterocycles. The summed E-state index contributed by atoms with van der Waals surface area (Å²) in [7, 11) is 0. The molecule has 0 bridgehead atoms. The monoisotopic (exact) mass is 197 g/mol. The third kappa shape index (κ3) is 2.06. The van der Waals surface area contributed by atoms with Crippen molar-refractivity contribution in [1.82, 2.24) is 0 Å². The Hall–Kier alpha value is -1.35. The van der Waals surface area contributed by atoms with Gasteiger partial charge in [-0.05, 0) is 12.5 Å². The van der Waals surface area contributed by atoms with Gasteiger partial charge >= 0.3 is 0 Å². The first kappa shape index (κ1) is 9.74. The maximum Gasteiger partial charge on any atom is 0.288 e. The Morgan fingerprint density at radius 3 is 2.77 bits per heavy atom. The van der Waals surface area contributed by atoms with E-state index in [1.807, 2.05) is 6.92 Å². The van der Waals surface area contributed by atoms with E-state index in [9.17, 15) is 10.1 Å². The smallest absolute Gasteiger partial charge is 0.258 e. The van der Waals surface area contributed by atoms with Crippen LogP contribution in [0, 0.1) is 10.1 Å². The molecule has 0 aliphatic carbocycles. The topological polar surface area (TPSA) is 43.1 Å². The van der Waals surface area contributed by atoms with Gasteiger partial charge in [0.15, 0.2) is 0 Å². The molecule has 1 aromatic carbocycles. The lowest BCUT2D eigenvalue weighted by atomic mass is 10.2. The Morgan fingerprint density at radius 1 is 1.54 bits per heavy atom. The molecule has 0 amide bonds. The zero-order valence-electron chi connectivity index (χ0n) is 7.03. The van der Waals surface area contributed by atoms with E-state index < -0.39 is 4.92 Å². The van der Waals surface area contributed by atoms with Gasteiger partial charge < -0.3 is 0 Å². The zero-order chi connectivity index (χ0) is 9.84. The SMILES string of the molecule is CC=Cc1cccc([N+](=O)[O-])c1Cl. The molecular formula is C9H8ClNO2. The van der Waals surface area contributed by atoms with E-state index >= 15 is 0 Å². The fraction of sp³-hybridized carbons (Fsp3) is 0.111. The Bertz CT molecular complexity index is 361. The highest BCUT2D eigenvalue weighted by Crippen LogP contribution is 2.28. The van der Waals surface area contributed by atoms with Crippen LogP contribution in [-0.2, 0) is 0 Å². The standard InChI is InChI=1S/C9H8ClNO2/c1-2-4-7-5-3-6-8(9(7)10)11(12)13/h2-6H,1H3. The number of nitro benzene ring substituents is 1. The second-order valence-corrected chi connectivity index (χ2v) is 2.82. The number of nitrogens with zero attached hydrogens (tertiary/aromatic N) is 1. The van der Waals surface area contributed by atoms with E-state index in [1.165, 1.54) is 6.07 Å². The van der Waals surface area contributed by atoms with Gasteiger partial charge in [0.25, 0.3) is 5.69 Å². The van der Waals surface area contributed by atoms with Crippen molar-refractivity contribution in [1.29, 1.82) is 0 Å². The van der Waals surface area contributed by atoms with Crippen LogP contribution in [0.1, 0.15) is 12.5 Å². The third-order valence-electron chi connectivity index (χ3n) is 1.55. The normalized spacial score (nSPS) is 10.6. The van der Waals surface area contributed by atoms with Crippen LogP contribution in [0.3, 0.4) is 0 Å². The number of rotatable bonds is 2. The number of hydrogen-bond donors (Lipinski definition) is 0. The van der Waals surface area contributed by atoms with Gasteiger partial charge in [-0.25, -0.2) is 0 Å². The largest absolute Gasteiger partial charge is 0.288 e. The van der Waals surface area contributed by atoms with Gasteiger partial charge in [0.05, 0.1) is 4.92 Å². The van der Waals surface area contributed by atoms with Gasteiger partial charge in [-0.15, -0.1) is 0 Å². The highest BCUT2D eigenvalue weighted by molar-refractivity contribution is 6.34. The molecule has 0 aliphatic heterocycles. The zero-order valence-corrected chi connectivity index (χ0v) is 7.78. The molecule has 0 aliphatic rings. The summed E-state index contributed by atoms with van der Waals surface area (Å²) >= 11 is 5.79. The second kappa shape index (κ2) is 4.05. The van der Waals surface area contributed by atoms with Crippen LogP contribution in [0.15, 0.2) is 24.3 Å². The summed E-state index contributed by atoms with van der Waals surface area (Å²) in [6, 6.07) is 4.73. The molecule has 0 fully saturated rings. The van der Waals surface area contributed by atoms with Crippen molar-refractivity contribution in [3.05, 3.63) is 45.0 Å². The van der Waals surface area contributed by atoms with E-state index in [0.717, 1.165) is 0 Å². The Kier molecular flexibility index (Phi) is 3.03. The lowest BCUT2D eigenvalue weighted by molar-refractivity contribution is -0.384. The minimum absolute atomic E-state index is 0.0581. The van der Waals surface area contributed by atoms with Gasteiger partial charge in [-0.2, -0.15) is 0 Å². The second-order valence-electron chi connectivity index (χ2n) is 2.44. The highest BCUT2D eigenvalue weighted by Gasteiger charge is 2.12. The van der Waals surface area contributed by atoms with Crippen LogP contribution in [0.4, 0.5) is 5.69 Å². The number of hydrogen-bond acceptors (Lipinski definition) is 2. The summed E-state index contributed by atoms with van der Waals surface area (Å²) in [5.74, 6) is 0. The predicted octanol–water partition coefficient (Wildman–Crippen LogP) is 3.28. The summed E-state index contributed by atoms with van der Waals surface area (Å²) in [6.45, 7) is 1.83. The molecule has 3 nitrogen and oxygen atoms in total. The van der Waals surface area contributed by atoms with E-state index in [4.69, 9.17) is 11.6 Å². The minimum atomic E-state index is -0.491. The molecule has 4 heteroatoms. The van der Waals surface area contributed by atoms with Crippen molar-refractivity contribution in [2.45, 2.75) is 6.92 Å². The van der Waals surface area contributed by atoms with Gasteiger partial charge in [-0.3, -0.25) is 10.1 Å². The molecule has 0 heterocycles. The van der Waals surface area contributed by atoms with Crippen molar-refractivity contribution in [2.75, 3.05) is 0 Å². The van der Waals surface area contributed by atoms with E-state index in [-0.39, 0.29) is 10.7 Å². The highest BCUT2D eigenvalue weighted by atomic mass is 35.5. The Balaban J connectivity index is 3.26. The maximum absolute atomic E-state index is 10.5. The van der Waals surface area contributed by atoms with Gasteiger partial charge in [0.2, 0.25) is 0 Å². The fourth-order valence-electron chi connectivity index (χ4n) is 0.986. The van der Waals surface area contributed by atoms with Gasteiger partial charge in [0.1, 0.15) is 5.02 Å². The molecule has 68 valence electrons. The van der Waals surface area contributed by atoms with Crippen LogP contribution in [0.25, 0.3) is 6.08 Å². The molecule has 13 heavy (non-hydrogen) atoms. The van der Waals surface area contributed by atoms with E-state index in [1.54, 1.807) is 24.3 Å². The lowest BCUT2D eigenvalue weighted by Gasteiger charge is -1.98. The number of benzene rings is 1. The fourth-order valence-corrected chi connectivity index (χ4v) is 1.24. The van der Waals surface area contributed by atoms with Crippen molar-refractivity contribution in [3.63, 3.8) is 0 Å². The first-order valence-corrected chi connectivity index (χ1v) is 4.10. The van der Waals surface area contributed by atoms with Crippen molar-refractivity contribution < 1.29 is 4.92 Å². The van der Waals surface area contributed by atoms with E-state index in [0.29, 0.717) is 5.56 Å². The summed E-state index contributed by atoms with van der Waals surface area (Å²) in [6.07, 6.45) is 3.51. The van der Waals surface area contributed by atoms with Gasteiger partial charge in [-0.1, -0.05) is 35.9 Å².